The average Bonchev–Trinajstić information content (AvgIpc) is 2.53. The van der Waals surface area contributed by atoms with Crippen LogP contribution in [0.1, 0.15) is 41.5 Å². The van der Waals surface area contributed by atoms with E-state index in [1.54, 1.807) is 0 Å². The Morgan fingerprint density at radius 2 is 1.58 bits per heavy atom. The Balaban J connectivity index is 2.36. The third-order valence-electron chi connectivity index (χ3n) is 3.51. The number of ketones is 1. The Morgan fingerprint density at radius 1 is 1.00 bits per heavy atom. The van der Waals surface area contributed by atoms with Crippen molar-refractivity contribution in [3.05, 3.63) is 53.6 Å². The summed E-state index contributed by atoms with van der Waals surface area (Å²) >= 11 is 0. The van der Waals surface area contributed by atoms with Crippen LogP contribution < -0.4 is 10.6 Å². The fourth-order valence-electron chi connectivity index (χ4n) is 2.33. The predicted molar refractivity (Wildman–Crippen MR) is 99.4 cm³/mol. The van der Waals surface area contributed by atoms with Crippen LogP contribution in [0.2, 0.25) is 0 Å². The van der Waals surface area contributed by atoms with Crippen molar-refractivity contribution in [2.75, 3.05) is 10.6 Å². The maximum absolute atomic E-state index is 12.4. The van der Waals surface area contributed by atoms with Gasteiger partial charge in [-0.05, 0) is 51.1 Å². The van der Waals surface area contributed by atoms with E-state index in [-0.39, 0.29) is 23.1 Å². The maximum Gasteiger partial charge on any atom is 0.296 e. The summed E-state index contributed by atoms with van der Waals surface area (Å²) in [6.45, 7) is 5.23. The molecule has 8 heteroatoms. The van der Waals surface area contributed by atoms with E-state index in [4.69, 9.17) is 0 Å². The smallest absolute Gasteiger partial charge is 0.296 e. The molecule has 0 radical (unpaired) electrons. The molecule has 0 fully saturated rings. The molecule has 1 amide bonds. The van der Waals surface area contributed by atoms with Gasteiger partial charge in [-0.15, -0.1) is 0 Å². The summed E-state index contributed by atoms with van der Waals surface area (Å²) in [5, 5.41) is 5.58. The molecule has 2 aromatic rings. The van der Waals surface area contributed by atoms with Gasteiger partial charge in [-0.25, -0.2) is 0 Å². The summed E-state index contributed by atoms with van der Waals surface area (Å²) in [4.78, 5) is 23.3. The molecule has 0 aliphatic rings. The largest absolute Gasteiger partial charge is 0.383 e. The highest BCUT2D eigenvalue weighted by Crippen LogP contribution is 2.26. The lowest BCUT2D eigenvalue weighted by Crippen LogP contribution is -2.16. The molecule has 0 bridgehead atoms. The monoisotopic (exact) mass is 376 g/mol. The second kappa shape index (κ2) is 7.67. The minimum absolute atomic E-state index is 0.0428. The van der Waals surface area contributed by atoms with Crippen molar-refractivity contribution in [2.24, 2.45) is 0 Å². The number of rotatable bonds is 6. The van der Waals surface area contributed by atoms with Gasteiger partial charge in [0.1, 0.15) is 4.90 Å². The highest BCUT2D eigenvalue weighted by atomic mass is 32.2. The molecular weight excluding hydrogens is 356 g/mol. The van der Waals surface area contributed by atoms with E-state index >= 15 is 0 Å². The molecule has 0 unspecified atom stereocenters. The Hall–Kier alpha value is -2.71. The average molecular weight is 376 g/mol. The van der Waals surface area contributed by atoms with Crippen LogP contribution in [-0.2, 0) is 10.1 Å². The number of Topliss-reactive ketones (excluding diaryl/α,β-unsaturated/α-hetero) is 1. The predicted octanol–water partition coefficient (Wildman–Crippen LogP) is 3.21. The molecule has 138 valence electrons. The van der Waals surface area contributed by atoms with Gasteiger partial charge in [-0.2, -0.15) is 8.42 Å². The number of hydrogen-bond acceptors (Lipinski definition) is 5. The van der Waals surface area contributed by atoms with Crippen LogP contribution in [0, 0.1) is 0 Å². The van der Waals surface area contributed by atoms with E-state index in [9.17, 15) is 22.6 Å². The zero-order chi connectivity index (χ0) is 19.5. The number of carbonyl (C=O) groups is 2. The first kappa shape index (κ1) is 19.6. The van der Waals surface area contributed by atoms with Crippen LogP contribution in [0.5, 0.6) is 0 Å². The summed E-state index contributed by atoms with van der Waals surface area (Å²) < 4.78 is 32.5. The van der Waals surface area contributed by atoms with Crippen LogP contribution in [0.15, 0.2) is 47.4 Å². The molecule has 0 atom stereocenters. The van der Waals surface area contributed by atoms with E-state index in [0.717, 1.165) is 0 Å². The lowest BCUT2D eigenvalue weighted by atomic mass is 10.1. The van der Waals surface area contributed by atoms with Crippen LogP contribution in [0.3, 0.4) is 0 Å². The highest BCUT2D eigenvalue weighted by molar-refractivity contribution is 7.86. The molecule has 0 saturated heterocycles. The van der Waals surface area contributed by atoms with Crippen molar-refractivity contribution in [3.8, 4) is 0 Å². The van der Waals surface area contributed by atoms with E-state index in [1.807, 2.05) is 13.8 Å². The second-order valence-electron chi connectivity index (χ2n) is 6.07. The lowest BCUT2D eigenvalue weighted by Gasteiger charge is -2.14. The SMILES string of the molecule is CC(=O)c1ccc(C(=O)Nc2cc(NC(C)C)ccc2S(=O)(=O)O)cc1. The molecule has 0 heterocycles. The molecule has 0 aromatic heterocycles. The number of nitrogens with one attached hydrogen (secondary N) is 2. The zero-order valence-corrected chi connectivity index (χ0v) is 15.4. The van der Waals surface area contributed by atoms with Crippen LogP contribution >= 0.6 is 0 Å². The van der Waals surface area contributed by atoms with Gasteiger partial charge in [0.25, 0.3) is 16.0 Å². The normalized spacial score (nSPS) is 11.3. The van der Waals surface area contributed by atoms with E-state index in [2.05, 4.69) is 10.6 Å². The fraction of sp³-hybridized carbons (Fsp3) is 0.222. The van der Waals surface area contributed by atoms with Gasteiger partial charge in [-0.3, -0.25) is 14.1 Å². The van der Waals surface area contributed by atoms with Gasteiger partial charge in [0, 0.05) is 22.9 Å². The molecule has 2 rings (SSSR count). The van der Waals surface area contributed by atoms with Crippen molar-refractivity contribution in [1.29, 1.82) is 0 Å². The summed E-state index contributed by atoms with van der Waals surface area (Å²) in [5.41, 5.74) is 1.26. The third kappa shape index (κ3) is 4.90. The topological polar surface area (TPSA) is 113 Å². The first-order valence-corrected chi connectivity index (χ1v) is 9.32. The minimum atomic E-state index is -4.51. The summed E-state index contributed by atoms with van der Waals surface area (Å²) in [6.07, 6.45) is 0. The molecule has 0 aliphatic heterocycles. The molecule has 26 heavy (non-hydrogen) atoms. The molecular formula is C18H20N2O5S. The Bertz CT molecular complexity index is 935. The van der Waals surface area contributed by atoms with Crippen molar-refractivity contribution < 1.29 is 22.6 Å². The number of benzene rings is 2. The quantitative estimate of drug-likeness (QED) is 0.527. The Kier molecular flexibility index (Phi) is 5.79. The lowest BCUT2D eigenvalue weighted by molar-refractivity contribution is 0.100. The van der Waals surface area contributed by atoms with Gasteiger partial charge in [0.05, 0.1) is 5.69 Å². The Morgan fingerprint density at radius 3 is 2.08 bits per heavy atom. The second-order valence-corrected chi connectivity index (χ2v) is 7.46. The standard InChI is InChI=1S/C18H20N2O5S/c1-11(2)19-15-8-9-17(26(23,24)25)16(10-15)20-18(22)14-6-4-13(5-7-14)12(3)21/h4-11,19H,1-3H3,(H,20,22)(H,23,24,25). The molecule has 0 saturated carbocycles. The van der Waals surface area contributed by atoms with Crippen LogP contribution in [0.25, 0.3) is 0 Å². The van der Waals surface area contributed by atoms with Gasteiger partial charge in [-0.1, -0.05) is 12.1 Å². The van der Waals surface area contributed by atoms with Gasteiger partial charge in [0.15, 0.2) is 5.78 Å². The summed E-state index contributed by atoms with van der Waals surface area (Å²) in [5.74, 6) is -0.690. The molecule has 3 N–H and O–H groups in total. The fourth-order valence-corrected chi connectivity index (χ4v) is 2.95. The minimum Gasteiger partial charge on any atom is -0.383 e. The van der Waals surface area contributed by atoms with E-state index < -0.39 is 20.9 Å². The van der Waals surface area contributed by atoms with E-state index in [1.165, 1.54) is 49.4 Å². The van der Waals surface area contributed by atoms with Gasteiger partial charge in [0.2, 0.25) is 0 Å². The number of hydrogen-bond donors (Lipinski definition) is 3. The third-order valence-corrected chi connectivity index (χ3v) is 4.43. The molecule has 7 nitrogen and oxygen atoms in total. The van der Waals surface area contributed by atoms with Crippen molar-refractivity contribution in [3.63, 3.8) is 0 Å². The highest BCUT2D eigenvalue weighted by Gasteiger charge is 2.18. The van der Waals surface area contributed by atoms with Gasteiger partial charge >= 0.3 is 0 Å². The number of anilines is 2. The van der Waals surface area contributed by atoms with Crippen LogP contribution in [0.4, 0.5) is 11.4 Å². The van der Waals surface area contributed by atoms with Crippen molar-refractivity contribution >= 4 is 33.2 Å². The zero-order valence-electron chi connectivity index (χ0n) is 14.6. The maximum atomic E-state index is 12.4. The summed E-state index contributed by atoms with van der Waals surface area (Å²) in [6, 6.07) is 10.2. The number of amides is 1. The van der Waals surface area contributed by atoms with E-state index in [0.29, 0.717) is 11.3 Å². The molecule has 0 aliphatic carbocycles. The van der Waals surface area contributed by atoms with Crippen LogP contribution in [-0.4, -0.2) is 30.7 Å². The first-order chi connectivity index (χ1) is 12.1. The first-order valence-electron chi connectivity index (χ1n) is 7.88. The van der Waals surface area contributed by atoms with Crippen molar-refractivity contribution in [2.45, 2.75) is 31.7 Å². The van der Waals surface area contributed by atoms with Gasteiger partial charge < -0.3 is 10.6 Å². The van der Waals surface area contributed by atoms with Crippen molar-refractivity contribution in [1.82, 2.24) is 0 Å². The molecule has 2 aromatic carbocycles. The summed E-state index contributed by atoms with van der Waals surface area (Å²) in [7, 11) is -4.51. The number of carbonyl (C=O) groups excluding carboxylic acids is 2. The Labute approximate surface area is 152 Å². The molecule has 0 spiro atoms.